The molecule has 1 saturated heterocycles. The van der Waals surface area contributed by atoms with Crippen molar-refractivity contribution in [1.29, 1.82) is 0 Å². The number of nitrogens with one attached hydrogen (secondary N) is 4. The molecule has 1 aliphatic rings. The molecule has 1 aromatic rings. The molecule has 0 saturated carbocycles. The van der Waals surface area contributed by atoms with Gasteiger partial charge in [0.05, 0.1) is 11.8 Å². The maximum Gasteiger partial charge on any atom is 0.344 e. The molecule has 0 aliphatic carbocycles. The number of hydrazine groups is 1. The van der Waals surface area contributed by atoms with Gasteiger partial charge in [-0.3, -0.25) is 29.8 Å². The monoisotopic (exact) mass is 461 g/mol. The Kier molecular flexibility index (Phi) is 8.92. The SMILES string of the molecule is CC(C)C[C@@H](C(=O)NN1C(=O)NC(C(C)C)C1=O)[C@H](CNC(=O)c1ccccc1)C(=O)NO. The van der Waals surface area contributed by atoms with E-state index in [4.69, 9.17) is 0 Å². The van der Waals surface area contributed by atoms with E-state index in [-0.39, 0.29) is 24.8 Å². The first-order valence-electron chi connectivity index (χ1n) is 10.8. The molecule has 0 aromatic heterocycles. The van der Waals surface area contributed by atoms with Gasteiger partial charge in [-0.05, 0) is 30.4 Å². The minimum Gasteiger partial charge on any atom is -0.351 e. The molecule has 0 radical (unpaired) electrons. The van der Waals surface area contributed by atoms with Crippen LogP contribution in [0.3, 0.4) is 0 Å². The van der Waals surface area contributed by atoms with Crippen LogP contribution in [0, 0.1) is 23.7 Å². The number of urea groups is 1. The minimum atomic E-state index is -1.16. The summed E-state index contributed by atoms with van der Waals surface area (Å²) in [6.07, 6.45) is 0.197. The molecule has 3 atom stereocenters. The van der Waals surface area contributed by atoms with Crippen molar-refractivity contribution in [3.8, 4) is 0 Å². The summed E-state index contributed by atoms with van der Waals surface area (Å²) in [7, 11) is 0. The van der Waals surface area contributed by atoms with Crippen molar-refractivity contribution in [2.24, 2.45) is 23.7 Å². The Bertz CT molecular complexity index is 889. The fourth-order valence-corrected chi connectivity index (χ4v) is 3.61. The predicted octanol–water partition coefficient (Wildman–Crippen LogP) is 0.808. The molecule has 2 rings (SSSR count). The summed E-state index contributed by atoms with van der Waals surface area (Å²) in [6, 6.07) is 6.77. The van der Waals surface area contributed by atoms with Crippen molar-refractivity contribution in [2.45, 2.75) is 40.2 Å². The average Bonchev–Trinajstić information content (AvgIpc) is 3.06. The van der Waals surface area contributed by atoms with Gasteiger partial charge < -0.3 is 10.6 Å². The van der Waals surface area contributed by atoms with Gasteiger partial charge >= 0.3 is 6.03 Å². The molecule has 11 heteroatoms. The minimum absolute atomic E-state index is 0.0499. The molecule has 1 fully saturated rings. The molecule has 1 aliphatic heterocycles. The Morgan fingerprint density at radius 1 is 1.03 bits per heavy atom. The number of amides is 6. The van der Waals surface area contributed by atoms with Crippen molar-refractivity contribution in [3.63, 3.8) is 0 Å². The quantitative estimate of drug-likeness (QED) is 0.197. The first-order valence-corrected chi connectivity index (χ1v) is 10.8. The van der Waals surface area contributed by atoms with Gasteiger partial charge in [0.15, 0.2) is 0 Å². The summed E-state index contributed by atoms with van der Waals surface area (Å²) in [4.78, 5) is 62.7. The van der Waals surface area contributed by atoms with Gasteiger partial charge in [-0.2, -0.15) is 5.01 Å². The van der Waals surface area contributed by atoms with Crippen molar-refractivity contribution in [2.75, 3.05) is 6.54 Å². The van der Waals surface area contributed by atoms with Crippen LogP contribution in [0.15, 0.2) is 30.3 Å². The van der Waals surface area contributed by atoms with Crippen molar-refractivity contribution in [3.05, 3.63) is 35.9 Å². The van der Waals surface area contributed by atoms with E-state index in [0.29, 0.717) is 10.6 Å². The maximum atomic E-state index is 13.1. The molecular formula is C22H31N5O6. The standard InChI is InChI=1S/C22H31N5O6/c1-12(2)10-15(19(29)25-27-21(31)17(13(3)4)24-22(27)32)16(20(30)26-33)11-23-18(28)14-8-6-5-7-9-14/h5-9,12-13,15-17,33H,10-11H2,1-4H3,(H,23,28)(H,24,32)(H,25,29)(H,26,30)/t15-,16+,17?/m1/s1. The third kappa shape index (κ3) is 6.51. The smallest absolute Gasteiger partial charge is 0.344 e. The number of carbonyl (C=O) groups is 5. The zero-order valence-corrected chi connectivity index (χ0v) is 19.1. The van der Waals surface area contributed by atoms with Gasteiger partial charge in [-0.15, -0.1) is 0 Å². The van der Waals surface area contributed by atoms with Crippen molar-refractivity contribution in [1.82, 2.24) is 26.5 Å². The fourth-order valence-electron chi connectivity index (χ4n) is 3.61. The molecule has 1 unspecified atom stereocenters. The Morgan fingerprint density at radius 3 is 2.18 bits per heavy atom. The number of hydrogen-bond donors (Lipinski definition) is 5. The van der Waals surface area contributed by atoms with Crippen LogP contribution < -0.4 is 21.5 Å². The number of hydrogen-bond acceptors (Lipinski definition) is 6. The lowest BCUT2D eigenvalue weighted by molar-refractivity contribution is -0.144. The second kappa shape index (κ2) is 11.4. The van der Waals surface area contributed by atoms with Crippen LogP contribution in [0.1, 0.15) is 44.5 Å². The fraction of sp³-hybridized carbons (Fsp3) is 0.500. The van der Waals surface area contributed by atoms with E-state index >= 15 is 0 Å². The van der Waals surface area contributed by atoms with Crippen LogP contribution in [-0.2, 0) is 14.4 Å². The molecule has 180 valence electrons. The molecular weight excluding hydrogens is 430 g/mol. The first-order chi connectivity index (χ1) is 15.6. The van der Waals surface area contributed by atoms with E-state index in [9.17, 15) is 29.2 Å². The number of hydroxylamine groups is 1. The Hall–Kier alpha value is -3.47. The third-order valence-corrected chi connectivity index (χ3v) is 5.37. The Labute approximate surface area is 192 Å². The first kappa shape index (κ1) is 25.8. The highest BCUT2D eigenvalue weighted by Crippen LogP contribution is 2.23. The van der Waals surface area contributed by atoms with Crippen LogP contribution >= 0.6 is 0 Å². The number of rotatable bonds is 10. The number of benzene rings is 1. The molecule has 11 nitrogen and oxygen atoms in total. The molecule has 33 heavy (non-hydrogen) atoms. The van der Waals surface area contributed by atoms with Gasteiger partial charge in [-0.25, -0.2) is 10.3 Å². The highest BCUT2D eigenvalue weighted by atomic mass is 16.5. The van der Waals surface area contributed by atoms with E-state index in [1.165, 1.54) is 0 Å². The van der Waals surface area contributed by atoms with Gasteiger partial charge in [0.1, 0.15) is 6.04 Å². The van der Waals surface area contributed by atoms with Gasteiger partial charge in [0.2, 0.25) is 11.8 Å². The third-order valence-electron chi connectivity index (χ3n) is 5.37. The summed E-state index contributed by atoms with van der Waals surface area (Å²) in [5.41, 5.74) is 4.21. The topological polar surface area (TPSA) is 157 Å². The molecule has 1 aromatic carbocycles. The largest absolute Gasteiger partial charge is 0.351 e. The van der Waals surface area contributed by atoms with Crippen LogP contribution in [0.5, 0.6) is 0 Å². The number of nitrogens with zero attached hydrogens (tertiary/aromatic N) is 1. The molecule has 5 N–H and O–H groups in total. The predicted molar refractivity (Wildman–Crippen MR) is 117 cm³/mol. The highest BCUT2D eigenvalue weighted by Gasteiger charge is 2.43. The van der Waals surface area contributed by atoms with Crippen molar-refractivity contribution >= 4 is 29.7 Å². The molecule has 0 bridgehead atoms. The van der Waals surface area contributed by atoms with Gasteiger partial charge in [-0.1, -0.05) is 45.9 Å². The lowest BCUT2D eigenvalue weighted by atomic mass is 9.84. The summed E-state index contributed by atoms with van der Waals surface area (Å²) in [6.45, 7) is 6.93. The van der Waals surface area contributed by atoms with E-state index in [0.717, 1.165) is 0 Å². The van der Waals surface area contributed by atoms with Gasteiger partial charge in [0.25, 0.3) is 11.8 Å². The number of imide groups is 1. The summed E-state index contributed by atoms with van der Waals surface area (Å²) >= 11 is 0. The zero-order chi connectivity index (χ0) is 24.7. The Balaban J connectivity index is 2.21. The zero-order valence-electron chi connectivity index (χ0n) is 19.1. The van der Waals surface area contributed by atoms with Crippen LogP contribution in [0.25, 0.3) is 0 Å². The lowest BCUT2D eigenvalue weighted by Gasteiger charge is -2.28. The summed E-state index contributed by atoms with van der Waals surface area (Å²) in [5, 5.41) is 15.0. The average molecular weight is 462 g/mol. The van der Waals surface area contributed by atoms with E-state index in [2.05, 4.69) is 16.1 Å². The highest BCUT2D eigenvalue weighted by molar-refractivity contribution is 6.05. The number of carbonyl (C=O) groups excluding carboxylic acids is 5. The molecule has 1 heterocycles. The van der Waals surface area contributed by atoms with Crippen LogP contribution in [0.2, 0.25) is 0 Å². The van der Waals surface area contributed by atoms with Crippen LogP contribution in [0.4, 0.5) is 4.79 Å². The maximum absolute atomic E-state index is 13.1. The second-order valence-electron chi connectivity index (χ2n) is 8.72. The van der Waals surface area contributed by atoms with Crippen LogP contribution in [-0.4, -0.2) is 52.5 Å². The summed E-state index contributed by atoms with van der Waals surface area (Å²) in [5.74, 6) is -5.13. The Morgan fingerprint density at radius 2 is 1.67 bits per heavy atom. The lowest BCUT2D eigenvalue weighted by Crippen LogP contribution is -2.53. The second-order valence-corrected chi connectivity index (χ2v) is 8.72. The molecule has 6 amide bonds. The van der Waals surface area contributed by atoms with Crippen molar-refractivity contribution < 1.29 is 29.2 Å². The normalized spacial score (nSPS) is 17.5. The van der Waals surface area contributed by atoms with E-state index in [1.807, 2.05) is 13.8 Å². The molecule has 0 spiro atoms. The summed E-state index contributed by atoms with van der Waals surface area (Å²) < 4.78 is 0. The van der Waals surface area contributed by atoms with E-state index in [1.54, 1.807) is 49.7 Å². The van der Waals surface area contributed by atoms with E-state index < -0.39 is 47.5 Å². The van der Waals surface area contributed by atoms with Gasteiger partial charge in [0, 0.05) is 12.1 Å².